The third-order valence-electron chi connectivity index (χ3n) is 6.75. The Hall–Kier alpha value is -4.13. The number of amides is 2. The molecule has 2 amide bonds. The number of para-hydroxylation sites is 1. The number of nitrogens with one attached hydrogen (secondary N) is 1. The van der Waals surface area contributed by atoms with Crippen molar-refractivity contribution >= 4 is 22.7 Å². The number of H-pyrrole nitrogens is 1. The Morgan fingerprint density at radius 3 is 2.59 bits per heavy atom. The molecule has 1 fully saturated rings. The number of hydrogen-bond donors (Lipinski definition) is 1. The number of carbonyl (C=O) groups excluding carboxylic acids is 2. The molecule has 190 valence electrons. The highest BCUT2D eigenvalue weighted by Gasteiger charge is 2.35. The Morgan fingerprint density at radius 1 is 1.05 bits per heavy atom. The van der Waals surface area contributed by atoms with E-state index in [1.807, 2.05) is 54.4 Å². The van der Waals surface area contributed by atoms with E-state index in [0.717, 1.165) is 29.7 Å². The molecular formula is C30H32N4O3. The smallest absolute Gasteiger partial charge is 0.256 e. The number of ether oxygens (including phenoxy) is 1. The van der Waals surface area contributed by atoms with E-state index in [-0.39, 0.29) is 24.4 Å². The van der Waals surface area contributed by atoms with Gasteiger partial charge in [-0.05, 0) is 67.6 Å². The minimum atomic E-state index is -0.137. The summed E-state index contributed by atoms with van der Waals surface area (Å²) in [7, 11) is 0. The Morgan fingerprint density at radius 2 is 1.86 bits per heavy atom. The number of carbonyl (C=O) groups is 2. The molecule has 0 unspecified atom stereocenters. The molecule has 5 rings (SSSR count). The van der Waals surface area contributed by atoms with Crippen molar-refractivity contribution < 1.29 is 14.3 Å². The summed E-state index contributed by atoms with van der Waals surface area (Å²) < 4.78 is 5.57. The molecule has 1 aliphatic rings. The molecule has 1 saturated carbocycles. The van der Waals surface area contributed by atoms with Crippen LogP contribution in [0.2, 0.25) is 0 Å². The second-order valence-electron chi connectivity index (χ2n) is 9.41. The van der Waals surface area contributed by atoms with Gasteiger partial charge in [0.15, 0.2) is 0 Å². The van der Waals surface area contributed by atoms with Crippen LogP contribution in [0, 0.1) is 0 Å². The SMILES string of the molecule is CCOc1ccc(CN(CCc2c[nH]c3ccccc23)C(=O)CN(C(=O)c2cccnc2)C2CC2)cc1. The first-order chi connectivity index (χ1) is 18.1. The lowest BCUT2D eigenvalue weighted by Gasteiger charge is -2.28. The normalized spacial score (nSPS) is 12.9. The van der Waals surface area contributed by atoms with E-state index in [9.17, 15) is 9.59 Å². The summed E-state index contributed by atoms with van der Waals surface area (Å²) in [5.41, 5.74) is 3.79. The molecule has 0 aliphatic heterocycles. The number of aromatic nitrogens is 2. The minimum Gasteiger partial charge on any atom is -0.494 e. The van der Waals surface area contributed by atoms with Crippen molar-refractivity contribution in [2.75, 3.05) is 19.7 Å². The molecule has 7 heteroatoms. The van der Waals surface area contributed by atoms with Crippen LogP contribution in [0.15, 0.2) is 79.3 Å². The van der Waals surface area contributed by atoms with Crippen LogP contribution >= 0.6 is 0 Å². The van der Waals surface area contributed by atoms with Gasteiger partial charge in [-0.25, -0.2) is 0 Å². The van der Waals surface area contributed by atoms with Gasteiger partial charge in [-0.1, -0.05) is 30.3 Å². The maximum Gasteiger partial charge on any atom is 0.256 e. The molecule has 2 heterocycles. The molecule has 0 spiro atoms. The third kappa shape index (κ3) is 6.00. The van der Waals surface area contributed by atoms with Gasteiger partial charge in [0.2, 0.25) is 5.91 Å². The van der Waals surface area contributed by atoms with E-state index in [2.05, 4.69) is 22.1 Å². The van der Waals surface area contributed by atoms with Crippen LogP contribution in [-0.4, -0.2) is 57.3 Å². The number of nitrogens with zero attached hydrogens (tertiary/aromatic N) is 3. The number of benzene rings is 2. The fraction of sp³-hybridized carbons (Fsp3) is 0.300. The molecule has 1 N–H and O–H groups in total. The predicted octanol–water partition coefficient (Wildman–Crippen LogP) is 4.84. The molecule has 4 aromatic rings. The van der Waals surface area contributed by atoms with Gasteiger partial charge in [-0.3, -0.25) is 14.6 Å². The molecule has 1 aliphatic carbocycles. The summed E-state index contributed by atoms with van der Waals surface area (Å²) in [6, 6.07) is 19.7. The quantitative estimate of drug-likeness (QED) is 0.322. The van der Waals surface area contributed by atoms with Crippen LogP contribution < -0.4 is 4.74 Å². The Labute approximate surface area is 217 Å². The molecule has 7 nitrogen and oxygen atoms in total. The molecule has 0 saturated heterocycles. The highest BCUT2D eigenvalue weighted by Crippen LogP contribution is 2.28. The highest BCUT2D eigenvalue weighted by molar-refractivity contribution is 5.96. The summed E-state index contributed by atoms with van der Waals surface area (Å²) in [5.74, 6) is 0.615. The molecule has 0 bridgehead atoms. The first-order valence-electron chi connectivity index (χ1n) is 12.9. The maximum absolute atomic E-state index is 13.7. The lowest BCUT2D eigenvalue weighted by molar-refractivity contribution is -0.132. The van der Waals surface area contributed by atoms with Crippen molar-refractivity contribution in [2.45, 2.75) is 38.8 Å². The average Bonchev–Trinajstić information content (AvgIpc) is 3.70. The second-order valence-corrected chi connectivity index (χ2v) is 9.41. The maximum atomic E-state index is 13.7. The van der Waals surface area contributed by atoms with Crippen molar-refractivity contribution in [1.29, 1.82) is 0 Å². The van der Waals surface area contributed by atoms with E-state index in [1.165, 1.54) is 10.9 Å². The number of hydrogen-bond acceptors (Lipinski definition) is 4. The van der Waals surface area contributed by atoms with Crippen molar-refractivity contribution in [1.82, 2.24) is 19.8 Å². The van der Waals surface area contributed by atoms with Crippen LogP contribution in [0.1, 0.15) is 41.3 Å². The van der Waals surface area contributed by atoms with Crippen LogP contribution in [0.25, 0.3) is 10.9 Å². The summed E-state index contributed by atoms with van der Waals surface area (Å²) in [6.45, 7) is 3.64. The van der Waals surface area contributed by atoms with Gasteiger partial charge in [0.25, 0.3) is 5.91 Å². The largest absolute Gasteiger partial charge is 0.494 e. The molecule has 37 heavy (non-hydrogen) atoms. The van der Waals surface area contributed by atoms with E-state index in [0.29, 0.717) is 31.7 Å². The first kappa shape index (κ1) is 24.6. The zero-order chi connectivity index (χ0) is 25.6. The first-order valence-corrected chi connectivity index (χ1v) is 12.9. The van der Waals surface area contributed by atoms with E-state index in [1.54, 1.807) is 29.4 Å². The van der Waals surface area contributed by atoms with Gasteiger partial charge >= 0.3 is 0 Å². The number of rotatable bonds is 11. The van der Waals surface area contributed by atoms with Gasteiger partial charge in [-0.2, -0.15) is 0 Å². The van der Waals surface area contributed by atoms with Gasteiger partial charge < -0.3 is 19.5 Å². The standard InChI is InChI=1S/C30H32N4O3/c1-2-37-26-13-9-22(10-14-26)20-33(17-15-23-19-32-28-8-4-3-7-27(23)28)29(35)21-34(25-11-12-25)30(36)24-6-5-16-31-18-24/h3-10,13-14,16,18-19,25,32H,2,11-12,15,17,20-21H2,1H3. The summed E-state index contributed by atoms with van der Waals surface area (Å²) in [4.78, 5) is 37.9. The summed E-state index contributed by atoms with van der Waals surface area (Å²) >= 11 is 0. The topological polar surface area (TPSA) is 78.5 Å². The number of pyridine rings is 1. The second kappa shape index (κ2) is 11.3. The van der Waals surface area contributed by atoms with E-state index < -0.39 is 0 Å². The van der Waals surface area contributed by atoms with Crippen molar-refractivity contribution in [3.05, 3.63) is 95.9 Å². The number of fused-ring (bicyclic) bond motifs is 1. The molecular weight excluding hydrogens is 464 g/mol. The van der Waals surface area contributed by atoms with Crippen LogP contribution in [0.5, 0.6) is 5.75 Å². The lowest BCUT2D eigenvalue weighted by Crippen LogP contribution is -2.44. The molecule has 2 aromatic heterocycles. The monoisotopic (exact) mass is 496 g/mol. The molecule has 2 aromatic carbocycles. The molecule has 0 radical (unpaired) electrons. The number of aromatic amines is 1. The fourth-order valence-corrected chi connectivity index (χ4v) is 4.62. The lowest BCUT2D eigenvalue weighted by atomic mass is 10.1. The van der Waals surface area contributed by atoms with Crippen molar-refractivity contribution in [3.63, 3.8) is 0 Å². The van der Waals surface area contributed by atoms with Crippen LogP contribution in [-0.2, 0) is 17.8 Å². The molecule has 0 atom stereocenters. The fourth-order valence-electron chi connectivity index (χ4n) is 4.62. The summed E-state index contributed by atoms with van der Waals surface area (Å²) in [5, 5.41) is 1.17. The minimum absolute atomic E-state index is 0.0575. The predicted molar refractivity (Wildman–Crippen MR) is 143 cm³/mol. The Bertz CT molecular complexity index is 1350. The van der Waals surface area contributed by atoms with E-state index in [4.69, 9.17) is 4.74 Å². The van der Waals surface area contributed by atoms with Crippen LogP contribution in [0.4, 0.5) is 0 Å². The van der Waals surface area contributed by atoms with Crippen LogP contribution in [0.3, 0.4) is 0 Å². The zero-order valence-corrected chi connectivity index (χ0v) is 21.1. The van der Waals surface area contributed by atoms with Gasteiger partial charge in [0.1, 0.15) is 12.3 Å². The van der Waals surface area contributed by atoms with E-state index >= 15 is 0 Å². The average molecular weight is 497 g/mol. The van der Waals surface area contributed by atoms with Crippen molar-refractivity contribution in [2.24, 2.45) is 0 Å². The van der Waals surface area contributed by atoms with Gasteiger partial charge in [0, 0.05) is 48.6 Å². The van der Waals surface area contributed by atoms with Crippen molar-refractivity contribution in [3.8, 4) is 5.75 Å². The highest BCUT2D eigenvalue weighted by atomic mass is 16.5. The Balaban J connectivity index is 1.34. The van der Waals surface area contributed by atoms with Gasteiger partial charge in [-0.15, -0.1) is 0 Å². The third-order valence-corrected chi connectivity index (χ3v) is 6.75. The zero-order valence-electron chi connectivity index (χ0n) is 21.1. The van der Waals surface area contributed by atoms with Gasteiger partial charge in [0.05, 0.1) is 12.2 Å². The summed E-state index contributed by atoms with van der Waals surface area (Å²) in [6.07, 6.45) is 7.80. The Kier molecular flexibility index (Phi) is 7.49.